The second kappa shape index (κ2) is 12.3. The zero-order valence-corrected chi connectivity index (χ0v) is 21.9. The fraction of sp³-hybridized carbons (Fsp3) is 0.923. The van der Waals surface area contributed by atoms with Crippen LogP contribution in [0.2, 0.25) is 0 Å². The fourth-order valence-corrected chi connectivity index (χ4v) is 6.81. The first-order chi connectivity index (χ1) is 16.9. The Kier molecular flexibility index (Phi) is 9.43. The molecule has 9 heteroatoms. The Labute approximate surface area is 210 Å². The van der Waals surface area contributed by atoms with Gasteiger partial charge in [-0.25, -0.2) is 0 Å². The van der Waals surface area contributed by atoms with Crippen molar-refractivity contribution in [2.75, 3.05) is 40.5 Å². The summed E-state index contributed by atoms with van der Waals surface area (Å²) in [4.78, 5) is 31.2. The smallest absolute Gasteiger partial charge is 0.229 e. The van der Waals surface area contributed by atoms with Gasteiger partial charge in [-0.2, -0.15) is 0 Å². The summed E-state index contributed by atoms with van der Waals surface area (Å²) in [5, 5.41) is 6.87. The van der Waals surface area contributed by atoms with Gasteiger partial charge in [0.15, 0.2) is 0 Å². The number of methoxy groups -OCH3 is 2. The van der Waals surface area contributed by atoms with Crippen LogP contribution >= 0.6 is 0 Å². The molecule has 4 N–H and O–H groups in total. The minimum absolute atomic E-state index is 0.0420. The topological polar surface area (TPSA) is 109 Å². The minimum atomic E-state index is -0.403. The van der Waals surface area contributed by atoms with E-state index in [9.17, 15) is 9.59 Å². The maximum atomic E-state index is 13.7. The Hall–Kier alpha value is -1.26. The number of hydrogen-bond acceptors (Lipinski definition) is 7. The molecule has 0 aromatic carbocycles. The van der Waals surface area contributed by atoms with Crippen LogP contribution in [0.15, 0.2) is 0 Å². The van der Waals surface area contributed by atoms with Crippen molar-refractivity contribution in [2.45, 2.75) is 89.3 Å². The van der Waals surface area contributed by atoms with Crippen molar-refractivity contribution in [3.63, 3.8) is 0 Å². The van der Waals surface area contributed by atoms with Crippen molar-refractivity contribution >= 4 is 11.8 Å². The molecule has 35 heavy (non-hydrogen) atoms. The second-order valence-electron chi connectivity index (χ2n) is 11.2. The molecule has 3 heterocycles. The third kappa shape index (κ3) is 6.01. The first-order valence-electron chi connectivity index (χ1n) is 13.8. The summed E-state index contributed by atoms with van der Waals surface area (Å²) < 4.78 is 10.7. The van der Waals surface area contributed by atoms with Crippen LogP contribution < -0.4 is 16.4 Å². The van der Waals surface area contributed by atoms with E-state index in [1.165, 1.54) is 12.8 Å². The summed E-state index contributed by atoms with van der Waals surface area (Å²) in [5.74, 6) is 0.569. The van der Waals surface area contributed by atoms with E-state index in [1.807, 2.05) is 4.90 Å². The molecule has 4 fully saturated rings. The molecular weight excluding hydrogens is 446 g/mol. The number of carbonyl (C=O) groups excluding carboxylic acids is 2. The molecule has 9 nitrogen and oxygen atoms in total. The molecule has 4 rings (SSSR count). The Balaban J connectivity index is 1.47. The highest BCUT2D eigenvalue weighted by molar-refractivity contribution is 5.84. The molecule has 4 aliphatic rings. The fourth-order valence-electron chi connectivity index (χ4n) is 6.81. The first kappa shape index (κ1) is 26.8. The quantitative estimate of drug-likeness (QED) is 0.417. The van der Waals surface area contributed by atoms with Crippen LogP contribution in [0.3, 0.4) is 0 Å². The SMILES string of the molecule is COCCCNC(=O)C1CC2C(=O)N3CCCC(C)C3NC2N(CCC2CCC(OC)CC2)C1N. The van der Waals surface area contributed by atoms with E-state index >= 15 is 0 Å². The lowest BCUT2D eigenvalue weighted by Crippen LogP contribution is -2.75. The Morgan fingerprint density at radius 2 is 1.94 bits per heavy atom. The van der Waals surface area contributed by atoms with Crippen molar-refractivity contribution in [2.24, 2.45) is 29.4 Å². The van der Waals surface area contributed by atoms with Crippen LogP contribution in [0.4, 0.5) is 0 Å². The molecule has 6 atom stereocenters. The number of piperidine rings is 2. The molecule has 3 aliphatic heterocycles. The normalized spacial score (nSPS) is 38.1. The molecule has 2 amide bonds. The van der Waals surface area contributed by atoms with Crippen LogP contribution in [-0.4, -0.2) is 86.7 Å². The van der Waals surface area contributed by atoms with E-state index in [-0.39, 0.29) is 30.1 Å². The number of nitrogens with zero attached hydrogens (tertiary/aromatic N) is 2. The van der Waals surface area contributed by atoms with E-state index in [0.717, 1.165) is 51.6 Å². The summed E-state index contributed by atoms with van der Waals surface area (Å²) in [5.41, 5.74) is 6.82. The zero-order valence-electron chi connectivity index (χ0n) is 21.9. The molecule has 0 aromatic rings. The van der Waals surface area contributed by atoms with Gasteiger partial charge < -0.3 is 25.4 Å². The lowest BCUT2D eigenvalue weighted by molar-refractivity contribution is -0.165. The molecule has 1 saturated carbocycles. The predicted molar refractivity (Wildman–Crippen MR) is 134 cm³/mol. The highest BCUT2D eigenvalue weighted by Gasteiger charge is 2.53. The van der Waals surface area contributed by atoms with Gasteiger partial charge in [-0.15, -0.1) is 0 Å². The van der Waals surface area contributed by atoms with E-state index < -0.39 is 12.1 Å². The van der Waals surface area contributed by atoms with Gasteiger partial charge in [-0.1, -0.05) is 6.92 Å². The third-order valence-corrected chi connectivity index (χ3v) is 9.00. The predicted octanol–water partition coefficient (Wildman–Crippen LogP) is 1.47. The molecule has 3 saturated heterocycles. The number of ether oxygens (including phenoxy) is 2. The Bertz CT molecular complexity index is 716. The number of nitrogens with one attached hydrogen (secondary N) is 2. The molecule has 0 aromatic heterocycles. The van der Waals surface area contributed by atoms with Crippen molar-refractivity contribution in [1.29, 1.82) is 0 Å². The lowest BCUT2D eigenvalue weighted by Gasteiger charge is -2.56. The number of likely N-dealkylation sites (tertiary alicyclic amines) is 1. The van der Waals surface area contributed by atoms with E-state index in [2.05, 4.69) is 22.5 Å². The van der Waals surface area contributed by atoms with E-state index in [1.54, 1.807) is 14.2 Å². The van der Waals surface area contributed by atoms with Crippen molar-refractivity contribution in [3.05, 3.63) is 0 Å². The van der Waals surface area contributed by atoms with Gasteiger partial charge in [0.1, 0.15) is 0 Å². The standard InChI is InChI=1S/C26H47N5O4/c1-17-6-4-13-31-23(17)29-24-21(26(31)33)16-20(25(32)28-12-5-15-34-2)22(27)30(24)14-11-18-7-9-19(35-3)10-8-18/h17-24,29H,4-16,27H2,1-3H3,(H,28,32). The number of amides is 2. The number of nitrogens with two attached hydrogens (primary N) is 1. The van der Waals surface area contributed by atoms with Crippen molar-refractivity contribution in [3.8, 4) is 0 Å². The molecule has 200 valence electrons. The summed E-state index contributed by atoms with van der Waals surface area (Å²) in [6.07, 6.45) is 8.95. The first-order valence-corrected chi connectivity index (χ1v) is 13.8. The number of hydrogen-bond donors (Lipinski definition) is 3. The van der Waals surface area contributed by atoms with Crippen LogP contribution in [-0.2, 0) is 19.1 Å². The maximum absolute atomic E-state index is 13.7. The second-order valence-corrected chi connectivity index (χ2v) is 11.2. The van der Waals surface area contributed by atoms with Crippen LogP contribution in [0, 0.1) is 23.7 Å². The van der Waals surface area contributed by atoms with Gasteiger partial charge in [0.2, 0.25) is 11.8 Å². The van der Waals surface area contributed by atoms with Crippen LogP contribution in [0.5, 0.6) is 0 Å². The molecule has 1 aliphatic carbocycles. The largest absolute Gasteiger partial charge is 0.385 e. The van der Waals surface area contributed by atoms with Gasteiger partial charge in [-0.3, -0.25) is 19.8 Å². The lowest BCUT2D eigenvalue weighted by atomic mass is 9.78. The van der Waals surface area contributed by atoms with E-state index in [4.69, 9.17) is 15.2 Å². The molecule has 6 unspecified atom stereocenters. The minimum Gasteiger partial charge on any atom is -0.385 e. The summed E-state index contributed by atoms with van der Waals surface area (Å²) in [6, 6.07) is 0. The average molecular weight is 494 g/mol. The molecule has 0 radical (unpaired) electrons. The molecular formula is C26H47N5O4. The van der Waals surface area contributed by atoms with Gasteiger partial charge in [0.25, 0.3) is 0 Å². The van der Waals surface area contributed by atoms with Gasteiger partial charge in [-0.05, 0) is 69.6 Å². The van der Waals surface area contributed by atoms with E-state index in [0.29, 0.717) is 37.5 Å². The van der Waals surface area contributed by atoms with Gasteiger partial charge >= 0.3 is 0 Å². The van der Waals surface area contributed by atoms with Crippen LogP contribution in [0.25, 0.3) is 0 Å². The summed E-state index contributed by atoms with van der Waals surface area (Å²) in [6.45, 7) is 5.00. The number of carbonyl (C=O) groups is 2. The Morgan fingerprint density at radius 1 is 1.17 bits per heavy atom. The molecule has 0 bridgehead atoms. The highest BCUT2D eigenvalue weighted by Crippen LogP contribution is 2.38. The zero-order chi connectivity index (χ0) is 24.9. The summed E-state index contributed by atoms with van der Waals surface area (Å²) >= 11 is 0. The summed E-state index contributed by atoms with van der Waals surface area (Å²) in [7, 11) is 3.47. The third-order valence-electron chi connectivity index (χ3n) is 9.00. The molecule has 0 spiro atoms. The number of rotatable bonds is 9. The van der Waals surface area contributed by atoms with Gasteiger partial charge in [0.05, 0.1) is 36.4 Å². The monoisotopic (exact) mass is 493 g/mol. The van der Waals surface area contributed by atoms with Crippen molar-refractivity contribution in [1.82, 2.24) is 20.4 Å². The van der Waals surface area contributed by atoms with Crippen molar-refractivity contribution < 1.29 is 19.1 Å². The van der Waals surface area contributed by atoms with Gasteiger partial charge in [0, 0.05) is 40.5 Å². The highest BCUT2D eigenvalue weighted by atomic mass is 16.5. The average Bonchev–Trinajstić information content (AvgIpc) is 2.87. The Morgan fingerprint density at radius 3 is 2.66 bits per heavy atom. The number of fused-ring (bicyclic) bond motifs is 2. The maximum Gasteiger partial charge on any atom is 0.229 e. The van der Waals surface area contributed by atoms with Crippen LogP contribution in [0.1, 0.15) is 64.7 Å².